The van der Waals surface area contributed by atoms with Crippen LogP contribution in [0.5, 0.6) is 0 Å². The molecule has 1 heterocycles. The third-order valence-electron chi connectivity index (χ3n) is 2.33. The van der Waals surface area contributed by atoms with Crippen LogP contribution in [0, 0.1) is 18.6 Å². The molecular formula is C12H10BrF2N3. The van der Waals surface area contributed by atoms with Crippen molar-refractivity contribution in [1.82, 2.24) is 4.98 Å². The van der Waals surface area contributed by atoms with E-state index in [1.54, 1.807) is 0 Å². The van der Waals surface area contributed by atoms with Gasteiger partial charge in [0.05, 0.1) is 5.69 Å². The Morgan fingerprint density at radius 3 is 2.67 bits per heavy atom. The molecule has 0 aliphatic heterocycles. The summed E-state index contributed by atoms with van der Waals surface area (Å²) in [4.78, 5) is 3.63. The van der Waals surface area contributed by atoms with Crippen LogP contribution in [-0.4, -0.2) is 4.98 Å². The van der Waals surface area contributed by atoms with E-state index < -0.39 is 11.6 Å². The number of pyridine rings is 1. The average Bonchev–Trinajstić information content (AvgIpc) is 2.30. The predicted octanol–water partition coefficient (Wildman–Crippen LogP) is 3.76. The van der Waals surface area contributed by atoms with Crippen LogP contribution in [0.25, 0.3) is 0 Å². The summed E-state index contributed by atoms with van der Waals surface area (Å²) in [5, 5.41) is 2.77. The van der Waals surface area contributed by atoms with E-state index >= 15 is 0 Å². The van der Waals surface area contributed by atoms with Gasteiger partial charge in [-0.2, -0.15) is 0 Å². The van der Waals surface area contributed by atoms with Gasteiger partial charge in [-0.05, 0) is 40.5 Å². The number of halogens is 3. The van der Waals surface area contributed by atoms with E-state index in [9.17, 15) is 8.78 Å². The van der Waals surface area contributed by atoms with Gasteiger partial charge in [-0.3, -0.25) is 0 Å². The van der Waals surface area contributed by atoms with Crippen molar-refractivity contribution in [3.05, 3.63) is 45.9 Å². The largest absolute Gasteiger partial charge is 0.381 e. The number of nitrogen functional groups attached to an aromatic ring is 1. The SMILES string of the molecule is Cc1ccc(Br)c(Nc2nc(N)c(F)cc2F)c1. The molecule has 0 fully saturated rings. The van der Waals surface area contributed by atoms with E-state index in [1.165, 1.54) is 0 Å². The van der Waals surface area contributed by atoms with Crippen molar-refractivity contribution in [3.8, 4) is 0 Å². The zero-order valence-corrected chi connectivity index (χ0v) is 11.1. The maximum Gasteiger partial charge on any atom is 0.169 e. The fourth-order valence-corrected chi connectivity index (χ4v) is 1.78. The number of hydrogen-bond donors (Lipinski definition) is 2. The van der Waals surface area contributed by atoms with Crippen molar-refractivity contribution in [2.45, 2.75) is 6.92 Å². The molecule has 3 nitrogen and oxygen atoms in total. The van der Waals surface area contributed by atoms with E-state index in [-0.39, 0.29) is 11.6 Å². The normalized spacial score (nSPS) is 10.4. The van der Waals surface area contributed by atoms with Crippen molar-refractivity contribution in [1.29, 1.82) is 0 Å². The lowest BCUT2D eigenvalue weighted by Crippen LogP contribution is -2.03. The molecule has 0 unspecified atom stereocenters. The van der Waals surface area contributed by atoms with Gasteiger partial charge in [-0.1, -0.05) is 6.07 Å². The number of rotatable bonds is 2. The van der Waals surface area contributed by atoms with Gasteiger partial charge in [0, 0.05) is 10.5 Å². The maximum atomic E-state index is 13.5. The molecule has 6 heteroatoms. The molecular weight excluding hydrogens is 304 g/mol. The molecule has 94 valence electrons. The highest BCUT2D eigenvalue weighted by atomic mass is 79.9. The Bertz CT molecular complexity index is 602. The summed E-state index contributed by atoms with van der Waals surface area (Å²) in [6.45, 7) is 1.90. The number of aryl methyl sites for hydroxylation is 1. The Balaban J connectivity index is 2.40. The summed E-state index contributed by atoms with van der Waals surface area (Å²) in [6, 6.07) is 6.24. The van der Waals surface area contributed by atoms with Crippen LogP contribution in [0.2, 0.25) is 0 Å². The van der Waals surface area contributed by atoms with Gasteiger partial charge >= 0.3 is 0 Å². The molecule has 0 radical (unpaired) electrons. The van der Waals surface area contributed by atoms with Crippen LogP contribution in [0.1, 0.15) is 5.56 Å². The Morgan fingerprint density at radius 1 is 1.22 bits per heavy atom. The zero-order valence-electron chi connectivity index (χ0n) is 9.47. The fraction of sp³-hybridized carbons (Fsp3) is 0.0833. The van der Waals surface area contributed by atoms with Crippen LogP contribution in [0.3, 0.4) is 0 Å². The highest BCUT2D eigenvalue weighted by molar-refractivity contribution is 9.10. The Hall–Kier alpha value is -1.69. The minimum absolute atomic E-state index is 0.111. The second-order valence-electron chi connectivity index (χ2n) is 3.79. The van der Waals surface area contributed by atoms with Gasteiger partial charge in [0.15, 0.2) is 23.3 Å². The van der Waals surface area contributed by atoms with Gasteiger partial charge in [-0.15, -0.1) is 0 Å². The number of anilines is 3. The first-order valence-electron chi connectivity index (χ1n) is 5.12. The molecule has 1 aromatic heterocycles. The topological polar surface area (TPSA) is 50.9 Å². The lowest BCUT2D eigenvalue weighted by Gasteiger charge is -2.10. The maximum absolute atomic E-state index is 13.5. The average molecular weight is 314 g/mol. The molecule has 0 saturated carbocycles. The summed E-state index contributed by atoms with van der Waals surface area (Å²) >= 11 is 3.33. The third-order valence-corrected chi connectivity index (χ3v) is 3.02. The highest BCUT2D eigenvalue weighted by Gasteiger charge is 2.11. The molecule has 2 aromatic rings. The van der Waals surface area contributed by atoms with Crippen LogP contribution < -0.4 is 11.1 Å². The van der Waals surface area contributed by atoms with Crippen molar-refractivity contribution in [2.24, 2.45) is 0 Å². The fourth-order valence-electron chi connectivity index (χ4n) is 1.43. The molecule has 0 spiro atoms. The van der Waals surface area contributed by atoms with Crippen molar-refractivity contribution in [3.63, 3.8) is 0 Å². The molecule has 18 heavy (non-hydrogen) atoms. The quantitative estimate of drug-likeness (QED) is 0.887. The third kappa shape index (κ3) is 2.59. The molecule has 0 bridgehead atoms. The summed E-state index contributed by atoms with van der Waals surface area (Å²) < 4.78 is 27.2. The first-order valence-corrected chi connectivity index (χ1v) is 5.91. The molecule has 3 N–H and O–H groups in total. The number of benzene rings is 1. The monoisotopic (exact) mass is 313 g/mol. The molecule has 2 rings (SSSR count). The number of nitrogens with zero attached hydrogens (tertiary/aromatic N) is 1. The molecule has 0 saturated heterocycles. The summed E-state index contributed by atoms with van der Waals surface area (Å²) in [7, 11) is 0. The second-order valence-corrected chi connectivity index (χ2v) is 4.65. The van der Waals surface area contributed by atoms with Gasteiger partial charge in [0.1, 0.15) is 0 Å². The predicted molar refractivity (Wildman–Crippen MR) is 70.7 cm³/mol. The van der Waals surface area contributed by atoms with Crippen molar-refractivity contribution >= 4 is 33.3 Å². The van der Waals surface area contributed by atoms with Crippen LogP contribution >= 0.6 is 15.9 Å². The van der Waals surface area contributed by atoms with Gasteiger partial charge < -0.3 is 11.1 Å². The van der Waals surface area contributed by atoms with Crippen LogP contribution in [-0.2, 0) is 0 Å². The van der Waals surface area contributed by atoms with E-state index in [0.29, 0.717) is 11.8 Å². The number of aromatic nitrogens is 1. The van der Waals surface area contributed by atoms with Crippen molar-refractivity contribution < 1.29 is 8.78 Å². The smallest absolute Gasteiger partial charge is 0.169 e. The number of nitrogens with one attached hydrogen (secondary N) is 1. The zero-order chi connectivity index (χ0) is 13.3. The molecule has 0 aliphatic rings. The summed E-state index contributed by atoms with van der Waals surface area (Å²) in [5.74, 6) is -2.13. The second kappa shape index (κ2) is 4.89. The summed E-state index contributed by atoms with van der Waals surface area (Å²) in [6.07, 6.45) is 0. The Morgan fingerprint density at radius 2 is 1.94 bits per heavy atom. The van der Waals surface area contributed by atoms with Crippen molar-refractivity contribution in [2.75, 3.05) is 11.1 Å². The minimum atomic E-state index is -0.874. The van der Waals surface area contributed by atoms with Crippen LogP contribution in [0.15, 0.2) is 28.7 Å². The molecule has 1 aromatic carbocycles. The Kier molecular flexibility index (Phi) is 3.47. The Labute approximate surface area is 111 Å². The first-order chi connectivity index (χ1) is 8.47. The molecule has 0 atom stereocenters. The van der Waals surface area contributed by atoms with E-state index in [1.807, 2.05) is 25.1 Å². The minimum Gasteiger partial charge on any atom is -0.381 e. The number of hydrogen-bond acceptors (Lipinski definition) is 3. The molecule has 0 amide bonds. The lowest BCUT2D eigenvalue weighted by atomic mass is 10.2. The van der Waals surface area contributed by atoms with Gasteiger partial charge in [0.25, 0.3) is 0 Å². The van der Waals surface area contributed by atoms with Crippen LogP contribution in [0.4, 0.5) is 26.1 Å². The standard InChI is InChI=1S/C12H10BrF2N3/c1-6-2-3-7(13)10(4-6)17-12-9(15)5-8(14)11(16)18-12/h2-5H,1H3,(H3,16,17,18). The number of nitrogens with two attached hydrogens (primary N) is 1. The van der Waals surface area contributed by atoms with E-state index in [0.717, 1.165) is 10.0 Å². The van der Waals surface area contributed by atoms with E-state index in [4.69, 9.17) is 5.73 Å². The van der Waals surface area contributed by atoms with Gasteiger partial charge in [-0.25, -0.2) is 13.8 Å². The van der Waals surface area contributed by atoms with E-state index in [2.05, 4.69) is 26.2 Å². The lowest BCUT2D eigenvalue weighted by molar-refractivity contribution is 0.581. The summed E-state index contributed by atoms with van der Waals surface area (Å²) in [5.41, 5.74) is 6.93. The first kappa shape index (κ1) is 12.8. The molecule has 0 aliphatic carbocycles. The van der Waals surface area contributed by atoms with Gasteiger partial charge in [0.2, 0.25) is 0 Å². The highest BCUT2D eigenvalue weighted by Crippen LogP contribution is 2.28.